The monoisotopic (exact) mass is 259 g/mol. The van der Waals surface area contributed by atoms with Crippen molar-refractivity contribution in [3.63, 3.8) is 0 Å². The van der Waals surface area contributed by atoms with E-state index in [9.17, 15) is 0 Å². The molecule has 4 bridgehead atoms. The minimum Gasteiger partial charge on any atom is -0.364 e. The Morgan fingerprint density at radius 3 is 2.16 bits per heavy atom. The molecule has 1 aromatic heterocycles. The summed E-state index contributed by atoms with van der Waals surface area (Å²) in [5.74, 6) is 9.80. The van der Waals surface area contributed by atoms with Gasteiger partial charge in [-0.05, 0) is 56.3 Å². The van der Waals surface area contributed by atoms with Crippen molar-refractivity contribution in [2.45, 2.75) is 44.1 Å². The lowest BCUT2D eigenvalue weighted by molar-refractivity contribution is 0.0105. The van der Waals surface area contributed by atoms with Gasteiger partial charge in [-0.2, -0.15) is 0 Å². The first-order valence-electron chi connectivity index (χ1n) is 7.31. The summed E-state index contributed by atoms with van der Waals surface area (Å²) in [5, 5.41) is 3.71. The Kier molecular flexibility index (Phi) is 2.45. The van der Waals surface area contributed by atoms with Crippen LogP contribution in [0.2, 0.25) is 0 Å². The average molecular weight is 259 g/mol. The molecule has 0 aromatic carbocycles. The third-order valence-corrected chi connectivity index (χ3v) is 5.25. The molecule has 4 aliphatic rings. The number of nitrogens with two attached hydrogens (primary N) is 1. The average Bonchev–Trinajstić information content (AvgIpc) is 2.36. The number of nitrogens with one attached hydrogen (secondary N) is 2. The SMILES string of the molecule is NNc1cc(NC23CC4CC(CC(C4)C2)C3)ncn1. The van der Waals surface area contributed by atoms with E-state index in [2.05, 4.69) is 20.7 Å². The zero-order valence-electron chi connectivity index (χ0n) is 11.1. The first kappa shape index (κ1) is 11.5. The summed E-state index contributed by atoms with van der Waals surface area (Å²) in [6.07, 6.45) is 9.89. The zero-order valence-corrected chi connectivity index (χ0v) is 11.1. The number of hydrogen-bond donors (Lipinski definition) is 3. The number of rotatable bonds is 3. The number of nitrogens with zero attached hydrogens (tertiary/aromatic N) is 2. The molecule has 0 amide bonds. The lowest BCUT2D eigenvalue weighted by Gasteiger charge is -2.57. The molecule has 5 nitrogen and oxygen atoms in total. The molecule has 102 valence electrons. The largest absolute Gasteiger partial charge is 0.364 e. The van der Waals surface area contributed by atoms with Crippen molar-refractivity contribution in [3.05, 3.63) is 12.4 Å². The van der Waals surface area contributed by atoms with E-state index >= 15 is 0 Å². The summed E-state index contributed by atoms with van der Waals surface area (Å²) in [7, 11) is 0. The van der Waals surface area contributed by atoms with Crippen molar-refractivity contribution >= 4 is 11.6 Å². The molecule has 1 heterocycles. The van der Waals surface area contributed by atoms with Crippen molar-refractivity contribution < 1.29 is 0 Å². The molecule has 0 unspecified atom stereocenters. The molecule has 0 spiro atoms. The van der Waals surface area contributed by atoms with Crippen LogP contribution in [0.1, 0.15) is 38.5 Å². The fourth-order valence-electron chi connectivity index (χ4n) is 5.04. The summed E-state index contributed by atoms with van der Waals surface area (Å²) in [6.45, 7) is 0. The second-order valence-corrected chi connectivity index (χ2v) is 6.76. The molecule has 19 heavy (non-hydrogen) atoms. The van der Waals surface area contributed by atoms with Crippen molar-refractivity contribution in [2.75, 3.05) is 10.7 Å². The van der Waals surface area contributed by atoms with Gasteiger partial charge in [-0.3, -0.25) is 0 Å². The highest BCUT2D eigenvalue weighted by Gasteiger charge is 2.51. The molecule has 4 N–H and O–H groups in total. The van der Waals surface area contributed by atoms with Gasteiger partial charge < -0.3 is 10.7 Å². The fourth-order valence-corrected chi connectivity index (χ4v) is 5.04. The lowest BCUT2D eigenvalue weighted by Crippen LogP contribution is -2.54. The minimum absolute atomic E-state index is 0.287. The molecular weight excluding hydrogens is 238 g/mol. The van der Waals surface area contributed by atoms with E-state index in [1.165, 1.54) is 38.5 Å². The Labute approximate surface area is 113 Å². The number of anilines is 2. The summed E-state index contributed by atoms with van der Waals surface area (Å²) >= 11 is 0. The van der Waals surface area contributed by atoms with Crippen molar-refractivity contribution in [1.29, 1.82) is 0 Å². The number of aromatic nitrogens is 2. The standard InChI is InChI=1S/C14H21N5/c15-19-13-4-12(16-8-17-13)18-14-5-9-1-10(6-14)3-11(2-9)7-14/h4,8-11H,1-3,5-7,15H2,(H2,16,17,18,19). The van der Waals surface area contributed by atoms with Crippen LogP contribution in [0.4, 0.5) is 11.6 Å². The van der Waals surface area contributed by atoms with Crippen LogP contribution >= 0.6 is 0 Å². The number of hydrazine groups is 1. The van der Waals surface area contributed by atoms with Gasteiger partial charge in [0.1, 0.15) is 18.0 Å². The maximum Gasteiger partial charge on any atom is 0.145 e. The summed E-state index contributed by atoms with van der Waals surface area (Å²) < 4.78 is 0. The molecule has 0 saturated heterocycles. The van der Waals surface area contributed by atoms with Crippen LogP contribution < -0.4 is 16.6 Å². The number of hydrogen-bond acceptors (Lipinski definition) is 5. The quantitative estimate of drug-likeness (QED) is 0.573. The van der Waals surface area contributed by atoms with Crippen LogP contribution in [0.5, 0.6) is 0 Å². The molecule has 0 atom stereocenters. The normalized spacial score (nSPS) is 39.3. The summed E-state index contributed by atoms with van der Waals surface area (Å²) in [4.78, 5) is 8.41. The van der Waals surface area contributed by atoms with Crippen molar-refractivity contribution in [3.8, 4) is 0 Å². The summed E-state index contributed by atoms with van der Waals surface area (Å²) in [5.41, 5.74) is 2.87. The Morgan fingerprint density at radius 1 is 1.00 bits per heavy atom. The molecule has 5 rings (SSSR count). The van der Waals surface area contributed by atoms with Crippen LogP contribution in [0.15, 0.2) is 12.4 Å². The van der Waals surface area contributed by atoms with E-state index in [1.807, 2.05) is 6.07 Å². The summed E-state index contributed by atoms with van der Waals surface area (Å²) in [6, 6.07) is 1.90. The highest BCUT2D eigenvalue weighted by Crippen LogP contribution is 2.56. The lowest BCUT2D eigenvalue weighted by atomic mass is 9.53. The van der Waals surface area contributed by atoms with Gasteiger partial charge in [0.2, 0.25) is 0 Å². The van der Waals surface area contributed by atoms with Gasteiger partial charge in [0.05, 0.1) is 0 Å². The second-order valence-electron chi connectivity index (χ2n) is 6.76. The predicted octanol–water partition coefficient (Wildman–Crippen LogP) is 2.14. The van der Waals surface area contributed by atoms with Crippen molar-refractivity contribution in [2.24, 2.45) is 23.6 Å². The molecule has 1 aromatic rings. The maximum absolute atomic E-state index is 5.41. The number of nitrogen functional groups attached to an aromatic ring is 1. The third kappa shape index (κ3) is 1.96. The van der Waals surface area contributed by atoms with E-state index in [0.29, 0.717) is 5.82 Å². The zero-order chi connectivity index (χ0) is 12.9. The highest BCUT2D eigenvalue weighted by atomic mass is 15.3. The first-order valence-corrected chi connectivity index (χ1v) is 7.31. The van der Waals surface area contributed by atoms with Crippen LogP contribution in [0.3, 0.4) is 0 Å². The Balaban J connectivity index is 1.58. The minimum atomic E-state index is 0.287. The molecule has 5 heteroatoms. The van der Waals surface area contributed by atoms with Gasteiger partial charge in [0.15, 0.2) is 0 Å². The van der Waals surface area contributed by atoms with E-state index in [0.717, 1.165) is 23.6 Å². The second kappa shape index (κ2) is 4.07. The van der Waals surface area contributed by atoms with Crippen LogP contribution in [-0.4, -0.2) is 15.5 Å². The Hall–Kier alpha value is -1.36. The van der Waals surface area contributed by atoms with Crippen LogP contribution in [0, 0.1) is 17.8 Å². The van der Waals surface area contributed by atoms with E-state index in [4.69, 9.17) is 5.84 Å². The van der Waals surface area contributed by atoms with Gasteiger partial charge >= 0.3 is 0 Å². The molecule has 0 radical (unpaired) electrons. The Morgan fingerprint density at radius 2 is 1.58 bits per heavy atom. The molecular formula is C14H21N5. The van der Waals surface area contributed by atoms with Gasteiger partial charge in [-0.25, -0.2) is 15.8 Å². The third-order valence-electron chi connectivity index (χ3n) is 5.25. The maximum atomic E-state index is 5.41. The smallest absolute Gasteiger partial charge is 0.145 e. The topological polar surface area (TPSA) is 75.9 Å². The van der Waals surface area contributed by atoms with Gasteiger partial charge in [0.25, 0.3) is 0 Å². The predicted molar refractivity (Wildman–Crippen MR) is 74.4 cm³/mol. The molecule has 4 fully saturated rings. The van der Waals surface area contributed by atoms with Gasteiger partial charge in [0, 0.05) is 11.6 Å². The van der Waals surface area contributed by atoms with Crippen LogP contribution in [-0.2, 0) is 0 Å². The molecule has 4 aliphatic carbocycles. The highest BCUT2D eigenvalue weighted by molar-refractivity contribution is 5.47. The van der Waals surface area contributed by atoms with Crippen LogP contribution in [0.25, 0.3) is 0 Å². The van der Waals surface area contributed by atoms with Gasteiger partial charge in [-0.15, -0.1) is 0 Å². The van der Waals surface area contributed by atoms with E-state index in [-0.39, 0.29) is 5.54 Å². The van der Waals surface area contributed by atoms with E-state index in [1.54, 1.807) is 6.33 Å². The van der Waals surface area contributed by atoms with E-state index < -0.39 is 0 Å². The fraction of sp³-hybridized carbons (Fsp3) is 0.714. The Bertz CT molecular complexity index is 451. The first-order chi connectivity index (χ1) is 9.25. The van der Waals surface area contributed by atoms with Gasteiger partial charge in [-0.1, -0.05) is 0 Å². The van der Waals surface area contributed by atoms with Crippen molar-refractivity contribution in [1.82, 2.24) is 9.97 Å². The molecule has 0 aliphatic heterocycles. The molecule has 4 saturated carbocycles.